The minimum atomic E-state index is -4.01. The molecular formula is C18H20Cl2N2O5S2. The van der Waals surface area contributed by atoms with Crippen molar-refractivity contribution in [3.8, 4) is 0 Å². The first-order chi connectivity index (χ1) is 13.4. The minimum Gasteiger partial charge on any atom is -0.351 e. The molecule has 0 saturated carbocycles. The van der Waals surface area contributed by atoms with Gasteiger partial charge in [-0.2, -0.15) is 0 Å². The largest absolute Gasteiger partial charge is 0.351 e. The molecule has 0 aliphatic heterocycles. The second-order valence-corrected chi connectivity index (χ2v) is 11.2. The average Bonchev–Trinajstić information content (AvgIpc) is 2.64. The maximum absolute atomic E-state index is 12.7. The molecule has 0 aliphatic carbocycles. The van der Waals surface area contributed by atoms with Crippen LogP contribution in [0.5, 0.6) is 0 Å². The predicted octanol–water partition coefficient (Wildman–Crippen LogP) is 3.27. The Morgan fingerprint density at radius 1 is 1.00 bits per heavy atom. The van der Waals surface area contributed by atoms with Crippen LogP contribution in [0.1, 0.15) is 22.8 Å². The number of sulfonamides is 1. The quantitative estimate of drug-likeness (QED) is 0.604. The summed E-state index contributed by atoms with van der Waals surface area (Å²) in [6.07, 6.45) is 0. The summed E-state index contributed by atoms with van der Waals surface area (Å²) in [5.41, 5.74) is 0.988. The highest BCUT2D eigenvalue weighted by atomic mass is 35.5. The molecule has 0 heterocycles. The highest BCUT2D eigenvalue weighted by Crippen LogP contribution is 2.25. The van der Waals surface area contributed by atoms with E-state index in [1.165, 1.54) is 25.1 Å². The SMILES string of the molecule is CCS(=O)(=O)CCNC(=O)c1cc(S(=O)(=O)Nc2ccc(C)c(Cl)c2)ccc1Cl. The smallest absolute Gasteiger partial charge is 0.261 e. The van der Waals surface area contributed by atoms with Crippen molar-refractivity contribution in [1.29, 1.82) is 0 Å². The number of nitrogens with one attached hydrogen (secondary N) is 2. The Morgan fingerprint density at radius 2 is 1.69 bits per heavy atom. The van der Waals surface area contributed by atoms with E-state index in [9.17, 15) is 21.6 Å². The van der Waals surface area contributed by atoms with Crippen LogP contribution in [0.3, 0.4) is 0 Å². The minimum absolute atomic E-state index is 0.0357. The number of carbonyl (C=O) groups excluding carboxylic acids is 1. The fourth-order valence-electron chi connectivity index (χ4n) is 2.28. The highest BCUT2D eigenvalue weighted by molar-refractivity contribution is 7.92. The molecule has 2 aromatic carbocycles. The van der Waals surface area contributed by atoms with E-state index in [1.54, 1.807) is 19.1 Å². The van der Waals surface area contributed by atoms with E-state index < -0.39 is 25.8 Å². The van der Waals surface area contributed by atoms with Gasteiger partial charge in [0.15, 0.2) is 9.84 Å². The molecule has 29 heavy (non-hydrogen) atoms. The molecule has 0 aromatic heterocycles. The number of hydrogen-bond donors (Lipinski definition) is 2. The van der Waals surface area contributed by atoms with Gasteiger partial charge in [0.25, 0.3) is 15.9 Å². The van der Waals surface area contributed by atoms with E-state index >= 15 is 0 Å². The van der Waals surface area contributed by atoms with Gasteiger partial charge in [-0.25, -0.2) is 16.8 Å². The molecule has 0 spiro atoms. The Hall–Kier alpha value is -1.81. The number of sulfone groups is 1. The number of carbonyl (C=O) groups is 1. The van der Waals surface area contributed by atoms with Crippen LogP contribution < -0.4 is 10.0 Å². The van der Waals surface area contributed by atoms with E-state index in [-0.39, 0.29) is 39.2 Å². The summed E-state index contributed by atoms with van der Waals surface area (Å²) >= 11 is 12.0. The number of aryl methyl sites for hydroxylation is 1. The lowest BCUT2D eigenvalue weighted by Crippen LogP contribution is -2.30. The van der Waals surface area contributed by atoms with Gasteiger partial charge in [-0.1, -0.05) is 36.2 Å². The molecule has 0 unspecified atom stereocenters. The van der Waals surface area contributed by atoms with Crippen molar-refractivity contribution >= 4 is 54.7 Å². The molecule has 11 heteroatoms. The lowest BCUT2D eigenvalue weighted by atomic mass is 10.2. The molecule has 2 N–H and O–H groups in total. The number of benzene rings is 2. The van der Waals surface area contributed by atoms with Crippen LogP contribution in [-0.2, 0) is 19.9 Å². The third-order valence-corrected chi connectivity index (χ3v) is 7.88. The third kappa shape index (κ3) is 6.33. The molecule has 7 nitrogen and oxygen atoms in total. The fourth-order valence-corrected chi connectivity index (χ4v) is 4.44. The number of hydrogen-bond acceptors (Lipinski definition) is 5. The first-order valence-corrected chi connectivity index (χ1v) is 12.6. The highest BCUT2D eigenvalue weighted by Gasteiger charge is 2.19. The van der Waals surface area contributed by atoms with Crippen LogP contribution in [0.2, 0.25) is 10.0 Å². The summed E-state index contributed by atoms with van der Waals surface area (Å²) in [7, 11) is -7.25. The Kier molecular flexibility index (Phi) is 7.56. The monoisotopic (exact) mass is 478 g/mol. The van der Waals surface area contributed by atoms with Gasteiger partial charge in [-0.3, -0.25) is 9.52 Å². The molecule has 0 bridgehead atoms. The van der Waals surface area contributed by atoms with Gasteiger partial charge in [-0.05, 0) is 42.8 Å². The number of halogens is 2. The van der Waals surface area contributed by atoms with E-state index in [1.807, 2.05) is 0 Å². The van der Waals surface area contributed by atoms with Gasteiger partial charge >= 0.3 is 0 Å². The topological polar surface area (TPSA) is 109 Å². The van der Waals surface area contributed by atoms with E-state index in [0.717, 1.165) is 11.6 Å². The maximum Gasteiger partial charge on any atom is 0.261 e. The number of amides is 1. The van der Waals surface area contributed by atoms with Crippen molar-refractivity contribution < 1.29 is 21.6 Å². The van der Waals surface area contributed by atoms with Crippen molar-refractivity contribution in [2.24, 2.45) is 0 Å². The second-order valence-electron chi connectivity index (χ2n) is 6.20. The molecule has 0 saturated heterocycles. The van der Waals surface area contributed by atoms with Gasteiger partial charge in [0.1, 0.15) is 0 Å². The van der Waals surface area contributed by atoms with Crippen molar-refractivity contribution in [3.63, 3.8) is 0 Å². The van der Waals surface area contributed by atoms with Crippen LogP contribution in [0.15, 0.2) is 41.3 Å². The Bertz CT molecular complexity index is 1130. The third-order valence-electron chi connectivity index (χ3n) is 4.06. The van der Waals surface area contributed by atoms with Crippen molar-refractivity contribution in [3.05, 3.63) is 57.6 Å². The molecule has 1 amide bonds. The molecule has 2 aromatic rings. The van der Waals surface area contributed by atoms with Crippen LogP contribution in [0.25, 0.3) is 0 Å². The molecule has 0 atom stereocenters. The zero-order valence-electron chi connectivity index (χ0n) is 15.7. The van der Waals surface area contributed by atoms with E-state index in [0.29, 0.717) is 5.02 Å². The standard InChI is InChI=1S/C18H20Cl2N2O5S2/c1-3-28(24,25)9-8-21-18(23)15-11-14(6-7-16(15)19)29(26,27)22-13-5-4-12(2)17(20)10-13/h4-7,10-11,22H,3,8-9H2,1-2H3,(H,21,23). The Morgan fingerprint density at radius 3 is 2.31 bits per heavy atom. The van der Waals surface area contributed by atoms with Crippen LogP contribution >= 0.6 is 23.2 Å². The summed E-state index contributed by atoms with van der Waals surface area (Å²) in [4.78, 5) is 12.2. The Labute approximate surface area is 180 Å². The van der Waals surface area contributed by atoms with Crippen LogP contribution in [-0.4, -0.2) is 40.8 Å². The summed E-state index contributed by atoms with van der Waals surface area (Å²) in [5.74, 6) is -0.927. The lowest BCUT2D eigenvalue weighted by Gasteiger charge is -2.12. The average molecular weight is 479 g/mol. The van der Waals surface area contributed by atoms with E-state index in [2.05, 4.69) is 10.0 Å². The van der Waals surface area contributed by atoms with Crippen molar-refractivity contribution in [1.82, 2.24) is 5.32 Å². The van der Waals surface area contributed by atoms with Gasteiger partial charge in [0.2, 0.25) is 0 Å². The number of anilines is 1. The summed E-state index contributed by atoms with van der Waals surface area (Å²) < 4.78 is 50.7. The summed E-state index contributed by atoms with van der Waals surface area (Å²) in [6.45, 7) is 3.19. The van der Waals surface area contributed by atoms with Crippen LogP contribution in [0, 0.1) is 6.92 Å². The summed E-state index contributed by atoms with van der Waals surface area (Å²) in [5, 5.41) is 2.88. The lowest BCUT2D eigenvalue weighted by molar-refractivity contribution is 0.0956. The molecule has 0 fully saturated rings. The zero-order valence-corrected chi connectivity index (χ0v) is 18.8. The molecular weight excluding hydrogens is 459 g/mol. The van der Waals surface area contributed by atoms with Crippen molar-refractivity contribution in [2.45, 2.75) is 18.7 Å². The van der Waals surface area contributed by atoms with Gasteiger partial charge in [0, 0.05) is 17.3 Å². The second kappa shape index (κ2) is 9.34. The molecule has 0 aliphatic rings. The van der Waals surface area contributed by atoms with Crippen LogP contribution in [0.4, 0.5) is 5.69 Å². The molecule has 0 radical (unpaired) electrons. The molecule has 158 valence electrons. The zero-order chi connectivity index (χ0) is 21.8. The first-order valence-electron chi connectivity index (χ1n) is 8.52. The number of rotatable bonds is 8. The predicted molar refractivity (Wildman–Crippen MR) is 115 cm³/mol. The first kappa shape index (κ1) is 23.5. The Balaban J connectivity index is 2.22. The molecule has 2 rings (SSSR count). The van der Waals surface area contributed by atoms with Crippen molar-refractivity contribution in [2.75, 3.05) is 22.8 Å². The normalized spacial score (nSPS) is 11.9. The van der Waals surface area contributed by atoms with E-state index in [4.69, 9.17) is 23.2 Å². The van der Waals surface area contributed by atoms with Gasteiger partial charge < -0.3 is 5.32 Å². The van der Waals surface area contributed by atoms with Gasteiger partial charge in [-0.15, -0.1) is 0 Å². The fraction of sp³-hybridized carbons (Fsp3) is 0.278. The summed E-state index contributed by atoms with van der Waals surface area (Å²) in [6, 6.07) is 8.40. The van der Waals surface area contributed by atoms with Gasteiger partial charge in [0.05, 0.1) is 26.9 Å². The maximum atomic E-state index is 12.7.